The van der Waals surface area contributed by atoms with E-state index >= 15 is 0 Å². The maximum absolute atomic E-state index is 12.1. The second kappa shape index (κ2) is 5.42. The third-order valence-electron chi connectivity index (χ3n) is 3.38. The van der Waals surface area contributed by atoms with Crippen molar-refractivity contribution in [2.75, 3.05) is 0 Å². The number of nitrogens with zero attached hydrogens (tertiary/aromatic N) is 2. The molecule has 1 aliphatic carbocycles. The zero-order valence-corrected chi connectivity index (χ0v) is 11.2. The largest absolute Gasteiger partial charge is 0.480 e. The van der Waals surface area contributed by atoms with Crippen LogP contribution in [0, 0.1) is 12.8 Å². The molecule has 1 saturated carbocycles. The van der Waals surface area contributed by atoms with Gasteiger partial charge in [0.05, 0.1) is 11.3 Å². The Morgan fingerprint density at radius 1 is 1.58 bits per heavy atom. The SMILES string of the molecule is CCn1cc(C(=O)NC(CC2CC2)C(=O)O)c(C)n1. The van der Waals surface area contributed by atoms with Gasteiger partial charge >= 0.3 is 5.97 Å². The summed E-state index contributed by atoms with van der Waals surface area (Å²) in [4.78, 5) is 23.2. The van der Waals surface area contributed by atoms with Gasteiger partial charge in [0.25, 0.3) is 5.91 Å². The molecule has 6 heteroatoms. The van der Waals surface area contributed by atoms with Crippen LogP contribution in [-0.4, -0.2) is 32.8 Å². The first-order chi connectivity index (χ1) is 9.01. The number of aliphatic carboxylic acids is 1. The van der Waals surface area contributed by atoms with Crippen molar-refractivity contribution in [1.82, 2.24) is 15.1 Å². The van der Waals surface area contributed by atoms with Gasteiger partial charge in [0.1, 0.15) is 6.04 Å². The molecule has 1 aromatic heterocycles. The van der Waals surface area contributed by atoms with Crippen LogP contribution >= 0.6 is 0 Å². The van der Waals surface area contributed by atoms with Crippen molar-refractivity contribution in [3.05, 3.63) is 17.5 Å². The molecule has 1 aliphatic rings. The van der Waals surface area contributed by atoms with Crippen molar-refractivity contribution in [1.29, 1.82) is 0 Å². The van der Waals surface area contributed by atoms with Gasteiger partial charge in [0, 0.05) is 12.7 Å². The van der Waals surface area contributed by atoms with Gasteiger partial charge in [-0.25, -0.2) is 4.79 Å². The van der Waals surface area contributed by atoms with E-state index in [-0.39, 0.29) is 5.91 Å². The molecule has 6 nitrogen and oxygen atoms in total. The quantitative estimate of drug-likeness (QED) is 0.809. The van der Waals surface area contributed by atoms with E-state index in [2.05, 4.69) is 10.4 Å². The number of aryl methyl sites for hydroxylation is 2. The number of hydrogen-bond acceptors (Lipinski definition) is 3. The van der Waals surface area contributed by atoms with Crippen molar-refractivity contribution < 1.29 is 14.7 Å². The summed E-state index contributed by atoms with van der Waals surface area (Å²) in [5.41, 5.74) is 1.07. The molecule has 0 saturated heterocycles. The van der Waals surface area contributed by atoms with E-state index in [4.69, 9.17) is 5.11 Å². The van der Waals surface area contributed by atoms with Gasteiger partial charge in [-0.2, -0.15) is 5.10 Å². The van der Waals surface area contributed by atoms with E-state index < -0.39 is 12.0 Å². The third kappa shape index (κ3) is 3.33. The Hall–Kier alpha value is -1.85. The molecule has 1 amide bonds. The third-order valence-corrected chi connectivity index (χ3v) is 3.38. The maximum atomic E-state index is 12.1. The highest BCUT2D eigenvalue weighted by molar-refractivity contribution is 5.97. The van der Waals surface area contributed by atoms with Crippen LogP contribution in [0.25, 0.3) is 0 Å². The number of hydrogen-bond donors (Lipinski definition) is 2. The van der Waals surface area contributed by atoms with E-state index in [0.29, 0.717) is 30.1 Å². The Balaban J connectivity index is 2.04. The van der Waals surface area contributed by atoms with Crippen molar-refractivity contribution in [3.63, 3.8) is 0 Å². The van der Waals surface area contributed by atoms with Crippen molar-refractivity contribution >= 4 is 11.9 Å². The van der Waals surface area contributed by atoms with E-state index in [1.165, 1.54) is 0 Å². The average Bonchev–Trinajstić information content (AvgIpc) is 3.09. The summed E-state index contributed by atoms with van der Waals surface area (Å²) in [5.74, 6) is -0.883. The van der Waals surface area contributed by atoms with Crippen LogP contribution in [0.3, 0.4) is 0 Å². The molecule has 0 bridgehead atoms. The predicted octanol–water partition coefficient (Wildman–Crippen LogP) is 1.19. The first-order valence-electron chi connectivity index (χ1n) is 6.59. The minimum absolute atomic E-state index is 0.356. The minimum atomic E-state index is -0.971. The van der Waals surface area contributed by atoms with Gasteiger partial charge in [0.15, 0.2) is 0 Å². The molecule has 0 aliphatic heterocycles. The number of aromatic nitrogens is 2. The average molecular weight is 265 g/mol. The highest BCUT2D eigenvalue weighted by Gasteiger charge is 2.30. The fourth-order valence-corrected chi connectivity index (χ4v) is 2.05. The van der Waals surface area contributed by atoms with Crippen molar-refractivity contribution in [2.24, 2.45) is 5.92 Å². The lowest BCUT2D eigenvalue weighted by Crippen LogP contribution is -2.41. The monoisotopic (exact) mass is 265 g/mol. The van der Waals surface area contributed by atoms with Gasteiger partial charge in [0.2, 0.25) is 0 Å². The zero-order valence-electron chi connectivity index (χ0n) is 11.2. The number of nitrogens with one attached hydrogen (secondary N) is 1. The zero-order chi connectivity index (χ0) is 14.0. The van der Waals surface area contributed by atoms with E-state index in [1.54, 1.807) is 17.8 Å². The topological polar surface area (TPSA) is 84.2 Å². The number of carbonyl (C=O) groups excluding carboxylic acids is 1. The molecule has 1 fully saturated rings. The lowest BCUT2D eigenvalue weighted by molar-refractivity contribution is -0.139. The molecule has 1 unspecified atom stereocenters. The van der Waals surface area contributed by atoms with Crippen molar-refractivity contribution in [3.8, 4) is 0 Å². The van der Waals surface area contributed by atoms with Crippen LogP contribution in [0.1, 0.15) is 42.2 Å². The first kappa shape index (κ1) is 13.6. The fourth-order valence-electron chi connectivity index (χ4n) is 2.05. The Morgan fingerprint density at radius 2 is 2.26 bits per heavy atom. The molecule has 1 heterocycles. The Bertz CT molecular complexity index is 491. The molecule has 19 heavy (non-hydrogen) atoms. The standard InChI is InChI=1S/C13H19N3O3/c1-3-16-7-10(8(2)15-16)12(17)14-11(13(18)19)6-9-4-5-9/h7,9,11H,3-6H2,1-2H3,(H,14,17)(H,18,19). The normalized spacial score (nSPS) is 16.1. The summed E-state index contributed by atoms with van der Waals surface area (Å²) in [6.45, 7) is 4.36. The Kier molecular flexibility index (Phi) is 3.87. The molecule has 104 valence electrons. The fraction of sp³-hybridized carbons (Fsp3) is 0.615. The second-order valence-electron chi connectivity index (χ2n) is 5.03. The Labute approximate surface area is 111 Å². The number of carboxylic acid groups (broad SMARTS) is 1. The second-order valence-corrected chi connectivity index (χ2v) is 5.03. The first-order valence-corrected chi connectivity index (χ1v) is 6.59. The molecular formula is C13H19N3O3. The highest BCUT2D eigenvalue weighted by Crippen LogP contribution is 2.33. The molecular weight excluding hydrogens is 246 g/mol. The molecule has 1 aromatic rings. The van der Waals surface area contributed by atoms with Crippen LogP contribution in [0.15, 0.2) is 6.20 Å². The van der Waals surface area contributed by atoms with Crippen LogP contribution in [-0.2, 0) is 11.3 Å². The molecule has 2 rings (SSSR count). The van der Waals surface area contributed by atoms with Crippen LogP contribution in [0.4, 0.5) is 0 Å². The maximum Gasteiger partial charge on any atom is 0.326 e. The molecule has 0 aromatic carbocycles. The van der Waals surface area contributed by atoms with Crippen molar-refractivity contribution in [2.45, 2.75) is 45.7 Å². The highest BCUT2D eigenvalue weighted by atomic mass is 16.4. The minimum Gasteiger partial charge on any atom is -0.480 e. The summed E-state index contributed by atoms with van der Waals surface area (Å²) < 4.78 is 1.67. The van der Waals surface area contributed by atoms with Gasteiger partial charge in [-0.15, -0.1) is 0 Å². The van der Waals surface area contributed by atoms with Crippen LogP contribution in [0.2, 0.25) is 0 Å². The predicted molar refractivity (Wildman–Crippen MR) is 68.9 cm³/mol. The molecule has 2 N–H and O–H groups in total. The number of carboxylic acids is 1. The Morgan fingerprint density at radius 3 is 2.74 bits per heavy atom. The lowest BCUT2D eigenvalue weighted by atomic mass is 10.1. The lowest BCUT2D eigenvalue weighted by Gasteiger charge is -2.13. The summed E-state index contributed by atoms with van der Waals surface area (Å²) in [7, 11) is 0. The number of carbonyl (C=O) groups is 2. The van der Waals surface area contributed by atoms with Crippen LogP contribution in [0.5, 0.6) is 0 Å². The van der Waals surface area contributed by atoms with E-state index in [1.807, 2.05) is 6.92 Å². The summed E-state index contributed by atoms with van der Waals surface area (Å²) >= 11 is 0. The molecule has 0 spiro atoms. The van der Waals surface area contributed by atoms with Gasteiger partial charge in [-0.1, -0.05) is 12.8 Å². The molecule has 1 atom stereocenters. The smallest absolute Gasteiger partial charge is 0.326 e. The van der Waals surface area contributed by atoms with Gasteiger partial charge < -0.3 is 10.4 Å². The van der Waals surface area contributed by atoms with E-state index in [9.17, 15) is 9.59 Å². The number of amides is 1. The number of rotatable bonds is 6. The van der Waals surface area contributed by atoms with Crippen LogP contribution < -0.4 is 5.32 Å². The summed E-state index contributed by atoms with van der Waals surface area (Å²) in [5, 5.41) is 15.9. The molecule has 0 radical (unpaired) electrons. The summed E-state index contributed by atoms with van der Waals surface area (Å²) in [6, 6.07) is -0.802. The van der Waals surface area contributed by atoms with Gasteiger partial charge in [-0.05, 0) is 26.2 Å². The van der Waals surface area contributed by atoms with E-state index in [0.717, 1.165) is 12.8 Å². The summed E-state index contributed by atoms with van der Waals surface area (Å²) in [6.07, 6.45) is 4.29. The van der Waals surface area contributed by atoms with Gasteiger partial charge in [-0.3, -0.25) is 9.48 Å².